The van der Waals surface area contributed by atoms with E-state index in [-0.39, 0.29) is 17.9 Å². The quantitative estimate of drug-likeness (QED) is 0.423. The molecule has 1 fully saturated rings. The highest BCUT2D eigenvalue weighted by molar-refractivity contribution is 6.12. The van der Waals surface area contributed by atoms with E-state index < -0.39 is 0 Å². The van der Waals surface area contributed by atoms with Crippen molar-refractivity contribution >= 4 is 28.5 Å². The molecule has 1 aliphatic carbocycles. The molecular weight excluding hydrogens is 430 g/mol. The average molecular weight is 458 g/mol. The van der Waals surface area contributed by atoms with Crippen LogP contribution in [0.15, 0.2) is 47.0 Å². The van der Waals surface area contributed by atoms with Crippen molar-refractivity contribution in [2.24, 2.45) is 0 Å². The van der Waals surface area contributed by atoms with Crippen LogP contribution in [-0.2, 0) is 0 Å². The number of nitrogens with one attached hydrogen (secondary N) is 2. The number of nitrogens with zero attached hydrogens (tertiary/aromatic N) is 3. The Balaban J connectivity index is 1.48. The Labute approximate surface area is 197 Å². The number of amides is 2. The van der Waals surface area contributed by atoms with Gasteiger partial charge in [-0.15, -0.1) is 0 Å². The molecule has 8 heteroatoms. The number of aryl methyl sites for hydroxylation is 2. The van der Waals surface area contributed by atoms with E-state index in [1.54, 1.807) is 36.5 Å². The SMILES string of the molecule is Cc1cc(-c2cc(C(=O)Nc3ccc(C(=O)NC4CC4)cc3)c3cnn(C(C)C)c3n2)c(C)o1. The Kier molecular flexibility index (Phi) is 5.43. The zero-order valence-corrected chi connectivity index (χ0v) is 19.7. The number of anilines is 1. The van der Waals surface area contributed by atoms with Crippen LogP contribution < -0.4 is 10.6 Å². The normalized spacial score (nSPS) is 13.4. The van der Waals surface area contributed by atoms with Crippen molar-refractivity contribution in [3.8, 4) is 11.3 Å². The molecule has 0 atom stereocenters. The Morgan fingerprint density at radius 3 is 2.44 bits per heavy atom. The number of pyridine rings is 1. The third-order valence-corrected chi connectivity index (χ3v) is 5.93. The summed E-state index contributed by atoms with van der Waals surface area (Å²) in [5, 5.41) is 11.1. The molecule has 174 valence electrons. The predicted octanol–water partition coefficient (Wildman–Crippen LogP) is 5.03. The summed E-state index contributed by atoms with van der Waals surface area (Å²) >= 11 is 0. The Bertz CT molecular complexity index is 1390. The van der Waals surface area contributed by atoms with Gasteiger partial charge in [0.1, 0.15) is 11.5 Å². The molecule has 3 aromatic heterocycles. The second-order valence-electron chi connectivity index (χ2n) is 9.08. The monoisotopic (exact) mass is 457 g/mol. The van der Waals surface area contributed by atoms with Gasteiger partial charge in [-0.25, -0.2) is 9.67 Å². The first-order valence-corrected chi connectivity index (χ1v) is 11.5. The highest BCUT2D eigenvalue weighted by Gasteiger charge is 2.24. The summed E-state index contributed by atoms with van der Waals surface area (Å²) in [5.74, 6) is 1.16. The summed E-state index contributed by atoms with van der Waals surface area (Å²) in [6.07, 6.45) is 3.75. The molecule has 8 nitrogen and oxygen atoms in total. The Hall–Kier alpha value is -3.94. The fourth-order valence-corrected chi connectivity index (χ4v) is 4.01. The van der Waals surface area contributed by atoms with Crippen molar-refractivity contribution in [1.29, 1.82) is 0 Å². The number of carbonyl (C=O) groups is 2. The van der Waals surface area contributed by atoms with Crippen molar-refractivity contribution in [2.75, 3.05) is 5.32 Å². The molecule has 2 amide bonds. The molecule has 0 unspecified atom stereocenters. The minimum absolute atomic E-state index is 0.0812. The lowest BCUT2D eigenvalue weighted by atomic mass is 10.1. The molecule has 1 aliphatic rings. The first-order valence-electron chi connectivity index (χ1n) is 11.5. The number of hydrogen-bond donors (Lipinski definition) is 2. The smallest absolute Gasteiger partial charge is 0.256 e. The van der Waals surface area contributed by atoms with Crippen molar-refractivity contribution in [3.63, 3.8) is 0 Å². The van der Waals surface area contributed by atoms with Gasteiger partial charge in [-0.2, -0.15) is 5.10 Å². The number of aromatic nitrogens is 3. The van der Waals surface area contributed by atoms with Crippen LogP contribution in [0.4, 0.5) is 5.69 Å². The molecule has 5 rings (SSSR count). The van der Waals surface area contributed by atoms with Crippen LogP contribution in [0.25, 0.3) is 22.3 Å². The van der Waals surface area contributed by atoms with E-state index in [1.165, 1.54) is 0 Å². The van der Waals surface area contributed by atoms with E-state index in [0.29, 0.717) is 39.6 Å². The van der Waals surface area contributed by atoms with Gasteiger partial charge in [-0.05, 0) is 76.9 Å². The molecule has 1 saturated carbocycles. The van der Waals surface area contributed by atoms with Gasteiger partial charge in [0.2, 0.25) is 0 Å². The fourth-order valence-electron chi connectivity index (χ4n) is 4.01. The lowest BCUT2D eigenvalue weighted by Gasteiger charge is -2.11. The highest BCUT2D eigenvalue weighted by atomic mass is 16.3. The molecule has 0 saturated heterocycles. The number of benzene rings is 1. The number of carbonyl (C=O) groups excluding carboxylic acids is 2. The van der Waals surface area contributed by atoms with Crippen molar-refractivity contribution in [3.05, 3.63) is 65.2 Å². The third kappa shape index (κ3) is 4.19. The second-order valence-corrected chi connectivity index (χ2v) is 9.08. The van der Waals surface area contributed by atoms with Crippen LogP contribution in [0.3, 0.4) is 0 Å². The van der Waals surface area contributed by atoms with E-state index in [9.17, 15) is 9.59 Å². The molecule has 0 radical (unpaired) electrons. The van der Waals surface area contributed by atoms with Crippen LogP contribution in [0.2, 0.25) is 0 Å². The molecule has 34 heavy (non-hydrogen) atoms. The van der Waals surface area contributed by atoms with E-state index >= 15 is 0 Å². The number of hydrogen-bond acceptors (Lipinski definition) is 5. The lowest BCUT2D eigenvalue weighted by Crippen LogP contribution is -2.25. The van der Waals surface area contributed by atoms with Gasteiger partial charge >= 0.3 is 0 Å². The maximum absolute atomic E-state index is 13.4. The molecule has 0 spiro atoms. The largest absolute Gasteiger partial charge is 0.466 e. The third-order valence-electron chi connectivity index (χ3n) is 5.93. The summed E-state index contributed by atoms with van der Waals surface area (Å²) in [6.45, 7) is 7.81. The minimum atomic E-state index is -0.273. The summed E-state index contributed by atoms with van der Waals surface area (Å²) < 4.78 is 7.51. The summed E-state index contributed by atoms with van der Waals surface area (Å²) in [6, 6.07) is 11.0. The van der Waals surface area contributed by atoms with E-state index in [0.717, 1.165) is 29.9 Å². The van der Waals surface area contributed by atoms with E-state index in [1.807, 2.05) is 38.4 Å². The van der Waals surface area contributed by atoms with Gasteiger partial charge in [0.05, 0.1) is 22.8 Å². The fraction of sp³-hybridized carbons (Fsp3) is 0.308. The summed E-state index contributed by atoms with van der Waals surface area (Å²) in [7, 11) is 0. The molecule has 0 bridgehead atoms. The van der Waals surface area contributed by atoms with E-state index in [4.69, 9.17) is 9.40 Å². The van der Waals surface area contributed by atoms with Gasteiger partial charge in [0, 0.05) is 28.9 Å². The first-order chi connectivity index (χ1) is 16.3. The number of rotatable bonds is 6. The summed E-state index contributed by atoms with van der Waals surface area (Å²) in [5.41, 5.74) is 3.79. The molecule has 0 aliphatic heterocycles. The highest BCUT2D eigenvalue weighted by Crippen LogP contribution is 2.30. The molecule has 2 N–H and O–H groups in total. The second kappa shape index (κ2) is 8.44. The average Bonchev–Trinajstić information content (AvgIpc) is 3.39. The molecular formula is C26H27N5O3. The van der Waals surface area contributed by atoms with Crippen LogP contribution in [-0.4, -0.2) is 32.6 Å². The lowest BCUT2D eigenvalue weighted by molar-refractivity contribution is 0.0950. The maximum atomic E-state index is 13.4. The van der Waals surface area contributed by atoms with Crippen molar-refractivity contribution in [2.45, 2.75) is 52.6 Å². The van der Waals surface area contributed by atoms with Crippen LogP contribution in [0.5, 0.6) is 0 Å². The van der Waals surface area contributed by atoms with Crippen LogP contribution >= 0.6 is 0 Å². The maximum Gasteiger partial charge on any atom is 0.256 e. The van der Waals surface area contributed by atoms with Crippen LogP contribution in [0, 0.1) is 13.8 Å². The predicted molar refractivity (Wildman–Crippen MR) is 130 cm³/mol. The zero-order valence-electron chi connectivity index (χ0n) is 19.7. The molecule has 4 aromatic rings. The molecule has 3 heterocycles. The Morgan fingerprint density at radius 1 is 1.09 bits per heavy atom. The number of furan rings is 1. The standard InChI is InChI=1S/C26H27N5O3/c1-14(2)31-24-22(13-27-31)21(12-23(30-24)20-11-15(3)34-16(20)4)26(33)29-18-7-5-17(6-8-18)25(32)28-19-9-10-19/h5-8,11-14,19H,9-10H2,1-4H3,(H,28,32)(H,29,33). The first kappa shape index (κ1) is 21.9. The molecule has 1 aromatic carbocycles. The van der Waals surface area contributed by atoms with Gasteiger partial charge in [0.25, 0.3) is 11.8 Å². The number of fused-ring (bicyclic) bond motifs is 1. The van der Waals surface area contributed by atoms with E-state index in [2.05, 4.69) is 15.7 Å². The van der Waals surface area contributed by atoms with Crippen LogP contribution in [0.1, 0.15) is 65.0 Å². The van der Waals surface area contributed by atoms with Crippen molar-refractivity contribution in [1.82, 2.24) is 20.1 Å². The van der Waals surface area contributed by atoms with Gasteiger partial charge in [-0.3, -0.25) is 9.59 Å². The summed E-state index contributed by atoms with van der Waals surface area (Å²) in [4.78, 5) is 30.4. The van der Waals surface area contributed by atoms with Gasteiger partial charge in [-0.1, -0.05) is 0 Å². The topological polar surface area (TPSA) is 102 Å². The van der Waals surface area contributed by atoms with Gasteiger partial charge in [0.15, 0.2) is 5.65 Å². The minimum Gasteiger partial charge on any atom is -0.466 e. The Morgan fingerprint density at radius 2 is 1.82 bits per heavy atom. The van der Waals surface area contributed by atoms with Gasteiger partial charge < -0.3 is 15.1 Å². The zero-order chi connectivity index (χ0) is 24.0. The van der Waals surface area contributed by atoms with Crippen molar-refractivity contribution < 1.29 is 14.0 Å².